The minimum atomic E-state index is -3.95. The number of aromatic nitrogens is 1. The van der Waals surface area contributed by atoms with Gasteiger partial charge in [-0.3, -0.25) is 10.2 Å². The first-order chi connectivity index (χ1) is 12.5. The van der Waals surface area contributed by atoms with Gasteiger partial charge in [0, 0.05) is 18.0 Å². The maximum Gasteiger partial charge on any atom is 0.206 e. The Morgan fingerprint density at radius 2 is 1.69 bits per heavy atom. The number of rotatable bonds is 6. The third-order valence-electron chi connectivity index (χ3n) is 3.89. The van der Waals surface area contributed by atoms with Crippen LogP contribution in [0.5, 0.6) is 5.75 Å². The van der Waals surface area contributed by atoms with E-state index in [2.05, 4.69) is 4.98 Å². The number of para-hydroxylation sites is 1. The Hall–Kier alpha value is -2.90. The van der Waals surface area contributed by atoms with Gasteiger partial charge < -0.3 is 4.74 Å². The summed E-state index contributed by atoms with van der Waals surface area (Å²) in [6.45, 7) is 0. The van der Waals surface area contributed by atoms with Crippen molar-refractivity contribution in [2.24, 2.45) is 0 Å². The van der Waals surface area contributed by atoms with Crippen molar-refractivity contribution < 1.29 is 18.4 Å². The monoisotopic (exact) mass is 370 g/mol. The number of benzene rings is 2. The predicted octanol–water partition coefficient (Wildman–Crippen LogP) is 3.46. The van der Waals surface area contributed by atoms with E-state index in [1.807, 2.05) is 0 Å². The van der Waals surface area contributed by atoms with Crippen molar-refractivity contribution in [3.63, 3.8) is 0 Å². The van der Waals surface area contributed by atoms with Crippen LogP contribution in [0.2, 0.25) is 0 Å². The summed E-state index contributed by atoms with van der Waals surface area (Å²) in [5.74, 6) is 0.547. The van der Waals surface area contributed by atoms with Crippen LogP contribution in [-0.2, 0) is 9.84 Å². The molecule has 1 unspecified atom stereocenters. The van der Waals surface area contributed by atoms with Crippen molar-refractivity contribution in [3.05, 3.63) is 84.7 Å². The van der Waals surface area contributed by atoms with E-state index in [-0.39, 0.29) is 4.90 Å². The molecule has 0 radical (unpaired) electrons. The zero-order chi connectivity index (χ0) is 18.6. The highest BCUT2D eigenvalue weighted by molar-refractivity contribution is 7.91. The first-order valence-electron chi connectivity index (χ1n) is 7.85. The SMILES string of the molecule is COc1ccc(S(=O)(=O)C(c2cccnc2)N(O)c2ccccc2)cc1. The van der Waals surface area contributed by atoms with Crippen LogP contribution in [0.25, 0.3) is 0 Å². The highest BCUT2D eigenvalue weighted by Gasteiger charge is 2.35. The lowest BCUT2D eigenvalue weighted by atomic mass is 10.2. The van der Waals surface area contributed by atoms with Crippen LogP contribution < -0.4 is 9.80 Å². The van der Waals surface area contributed by atoms with Crippen LogP contribution >= 0.6 is 0 Å². The number of hydrogen-bond acceptors (Lipinski definition) is 6. The zero-order valence-corrected chi connectivity index (χ0v) is 14.9. The Bertz CT molecular complexity index is 946. The van der Waals surface area contributed by atoms with Crippen LogP contribution in [0.15, 0.2) is 84.0 Å². The van der Waals surface area contributed by atoms with E-state index in [1.165, 1.54) is 25.4 Å². The van der Waals surface area contributed by atoms with Crippen LogP contribution in [-0.4, -0.2) is 25.7 Å². The lowest BCUT2D eigenvalue weighted by Crippen LogP contribution is -2.31. The van der Waals surface area contributed by atoms with Crippen molar-refractivity contribution in [1.82, 2.24) is 4.98 Å². The molecule has 0 fully saturated rings. The van der Waals surface area contributed by atoms with E-state index in [4.69, 9.17) is 4.74 Å². The Balaban J connectivity index is 2.10. The smallest absolute Gasteiger partial charge is 0.206 e. The maximum atomic E-state index is 13.3. The number of ether oxygens (including phenoxy) is 1. The van der Waals surface area contributed by atoms with Gasteiger partial charge in [0.1, 0.15) is 5.75 Å². The Morgan fingerprint density at radius 1 is 1.00 bits per heavy atom. The Labute approximate surface area is 152 Å². The molecule has 0 bridgehead atoms. The summed E-state index contributed by atoms with van der Waals surface area (Å²) in [6.07, 6.45) is 2.97. The molecule has 1 N–H and O–H groups in total. The summed E-state index contributed by atoms with van der Waals surface area (Å²) in [5.41, 5.74) is 0.716. The fourth-order valence-electron chi connectivity index (χ4n) is 2.58. The standard InChI is InChI=1S/C19H18N2O4S/c1-25-17-9-11-18(12-10-17)26(23,24)19(15-6-5-13-20-14-15)21(22)16-7-3-2-4-8-16/h2-14,19,22H,1H3. The van der Waals surface area contributed by atoms with E-state index >= 15 is 0 Å². The van der Waals surface area contributed by atoms with Crippen molar-refractivity contribution >= 4 is 15.5 Å². The number of anilines is 1. The van der Waals surface area contributed by atoms with Gasteiger partial charge in [-0.15, -0.1) is 0 Å². The Kier molecular flexibility index (Phi) is 5.20. The van der Waals surface area contributed by atoms with Gasteiger partial charge in [0.15, 0.2) is 5.37 Å². The predicted molar refractivity (Wildman–Crippen MR) is 97.9 cm³/mol. The summed E-state index contributed by atoms with van der Waals surface area (Å²) in [6, 6.07) is 17.8. The average molecular weight is 370 g/mol. The second-order valence-corrected chi connectivity index (χ2v) is 7.55. The normalized spacial score (nSPS) is 12.4. The highest BCUT2D eigenvalue weighted by Crippen LogP contribution is 2.34. The van der Waals surface area contributed by atoms with Crippen LogP contribution in [0.3, 0.4) is 0 Å². The van der Waals surface area contributed by atoms with Gasteiger partial charge in [-0.25, -0.2) is 13.5 Å². The second kappa shape index (κ2) is 7.55. The third-order valence-corrected chi connectivity index (χ3v) is 5.88. The quantitative estimate of drug-likeness (QED) is 0.670. The molecular weight excluding hydrogens is 352 g/mol. The first kappa shape index (κ1) is 17.9. The molecule has 1 heterocycles. The summed E-state index contributed by atoms with van der Waals surface area (Å²) >= 11 is 0. The van der Waals surface area contributed by atoms with Crippen molar-refractivity contribution in [3.8, 4) is 5.75 Å². The largest absolute Gasteiger partial charge is 0.497 e. The molecule has 0 aliphatic carbocycles. The van der Waals surface area contributed by atoms with Crippen LogP contribution in [0.1, 0.15) is 10.9 Å². The molecule has 2 aromatic carbocycles. The molecule has 0 saturated heterocycles. The van der Waals surface area contributed by atoms with E-state index in [0.29, 0.717) is 17.0 Å². The summed E-state index contributed by atoms with van der Waals surface area (Å²) in [7, 11) is -2.44. The fraction of sp³-hybridized carbons (Fsp3) is 0.105. The van der Waals surface area contributed by atoms with Gasteiger partial charge in [-0.1, -0.05) is 24.3 Å². The zero-order valence-electron chi connectivity index (χ0n) is 14.1. The maximum absolute atomic E-state index is 13.3. The topological polar surface area (TPSA) is 79.7 Å². The molecule has 3 aromatic rings. The molecule has 0 aliphatic rings. The van der Waals surface area contributed by atoms with E-state index < -0.39 is 15.2 Å². The minimum Gasteiger partial charge on any atom is -0.497 e. The van der Waals surface area contributed by atoms with Gasteiger partial charge in [-0.2, -0.15) is 0 Å². The number of hydroxylamine groups is 1. The fourth-order valence-corrected chi connectivity index (χ4v) is 4.24. The number of pyridine rings is 1. The van der Waals surface area contributed by atoms with Gasteiger partial charge in [0.05, 0.1) is 17.7 Å². The highest BCUT2D eigenvalue weighted by atomic mass is 32.2. The van der Waals surface area contributed by atoms with Gasteiger partial charge in [-0.05, 0) is 42.5 Å². The molecule has 7 heteroatoms. The molecule has 0 amide bonds. The lowest BCUT2D eigenvalue weighted by Gasteiger charge is -2.27. The lowest BCUT2D eigenvalue weighted by molar-refractivity contribution is 0.242. The Morgan fingerprint density at radius 3 is 2.27 bits per heavy atom. The van der Waals surface area contributed by atoms with E-state index in [0.717, 1.165) is 5.06 Å². The van der Waals surface area contributed by atoms with Gasteiger partial charge >= 0.3 is 0 Å². The van der Waals surface area contributed by atoms with Crippen molar-refractivity contribution in [1.29, 1.82) is 0 Å². The van der Waals surface area contributed by atoms with E-state index in [9.17, 15) is 13.6 Å². The molecule has 1 atom stereocenters. The number of sulfone groups is 1. The first-order valence-corrected chi connectivity index (χ1v) is 9.39. The minimum absolute atomic E-state index is 0.0714. The summed E-state index contributed by atoms with van der Waals surface area (Å²) in [4.78, 5) is 4.07. The molecular formula is C19H18N2O4S. The molecule has 0 aliphatic heterocycles. The molecule has 26 heavy (non-hydrogen) atoms. The number of nitrogens with zero attached hydrogens (tertiary/aromatic N) is 2. The molecule has 134 valence electrons. The summed E-state index contributed by atoms with van der Waals surface area (Å²) < 4.78 is 31.6. The van der Waals surface area contributed by atoms with Crippen molar-refractivity contribution in [2.75, 3.05) is 12.2 Å². The van der Waals surface area contributed by atoms with Crippen LogP contribution in [0, 0.1) is 0 Å². The number of methoxy groups -OCH3 is 1. The van der Waals surface area contributed by atoms with Gasteiger partial charge in [0.25, 0.3) is 0 Å². The molecule has 3 rings (SSSR count). The average Bonchev–Trinajstić information content (AvgIpc) is 2.69. The second-order valence-electron chi connectivity index (χ2n) is 5.54. The molecule has 0 saturated carbocycles. The van der Waals surface area contributed by atoms with Crippen LogP contribution in [0.4, 0.5) is 5.69 Å². The molecule has 6 nitrogen and oxygen atoms in total. The van der Waals surface area contributed by atoms with Crippen molar-refractivity contribution in [2.45, 2.75) is 10.3 Å². The molecule has 1 aromatic heterocycles. The van der Waals surface area contributed by atoms with Gasteiger partial charge in [0.2, 0.25) is 9.84 Å². The third kappa shape index (κ3) is 3.54. The molecule has 0 spiro atoms. The summed E-state index contributed by atoms with van der Waals surface area (Å²) in [5, 5.41) is 10.1. The number of hydrogen-bond donors (Lipinski definition) is 1. The van der Waals surface area contributed by atoms with E-state index in [1.54, 1.807) is 60.8 Å².